The van der Waals surface area contributed by atoms with Gasteiger partial charge in [0.25, 0.3) is 0 Å². The molecule has 0 aliphatic carbocycles. The van der Waals surface area contributed by atoms with E-state index in [1.165, 1.54) is 37.8 Å². The topological polar surface area (TPSA) is 107 Å². The Morgan fingerprint density at radius 1 is 1.20 bits per heavy atom. The van der Waals surface area contributed by atoms with Gasteiger partial charge in [-0.05, 0) is 71.5 Å². The number of ether oxygens (including phenoxy) is 1. The molecule has 0 aliphatic heterocycles. The van der Waals surface area contributed by atoms with Gasteiger partial charge in [-0.1, -0.05) is 17.7 Å². The maximum Gasteiger partial charge on any atom is 0.339 e. The number of hydrogen-bond acceptors (Lipinski definition) is 7. The Labute approximate surface area is 187 Å². The highest BCUT2D eigenvalue weighted by molar-refractivity contribution is 14.1. The number of methoxy groups -OCH3 is 1. The van der Waals surface area contributed by atoms with Crippen molar-refractivity contribution in [1.29, 1.82) is 0 Å². The Morgan fingerprint density at radius 2 is 1.93 bits per heavy atom. The number of carbonyl (C=O) groups excluding carboxylic acids is 1. The van der Waals surface area contributed by atoms with E-state index in [-0.39, 0.29) is 22.2 Å². The molecule has 3 rings (SSSR count). The lowest BCUT2D eigenvalue weighted by molar-refractivity contribution is 0.0927. The summed E-state index contributed by atoms with van der Waals surface area (Å²) in [6.45, 7) is 1.86. The lowest BCUT2D eigenvalue weighted by Crippen LogP contribution is -2.16. The third kappa shape index (κ3) is 5.19. The van der Waals surface area contributed by atoms with Crippen molar-refractivity contribution in [3.05, 3.63) is 75.3 Å². The van der Waals surface area contributed by atoms with E-state index in [0.717, 1.165) is 5.56 Å². The molecule has 2 aromatic carbocycles. The van der Waals surface area contributed by atoms with E-state index >= 15 is 0 Å². The fourth-order valence-electron chi connectivity index (χ4n) is 2.39. The van der Waals surface area contributed by atoms with Gasteiger partial charge < -0.3 is 13.3 Å². The highest BCUT2D eigenvalue weighted by Crippen LogP contribution is 2.35. The minimum atomic E-state index is -4.04. The van der Waals surface area contributed by atoms with Gasteiger partial charge in [0.2, 0.25) is 0 Å². The molecule has 1 N–H and O–H groups in total. The van der Waals surface area contributed by atoms with Crippen LogP contribution >= 0.6 is 22.6 Å². The predicted molar refractivity (Wildman–Crippen MR) is 118 cm³/mol. The molecule has 0 atom stereocenters. The van der Waals surface area contributed by atoms with Gasteiger partial charge in [-0.15, -0.1) is 0 Å². The summed E-state index contributed by atoms with van der Waals surface area (Å²) in [4.78, 5) is 11.9. The van der Waals surface area contributed by atoms with Gasteiger partial charge in [-0.2, -0.15) is 13.5 Å². The third-order valence-corrected chi connectivity index (χ3v) is 5.92. The first-order chi connectivity index (χ1) is 14.3. The summed E-state index contributed by atoms with van der Waals surface area (Å²) in [7, 11) is -2.64. The van der Waals surface area contributed by atoms with Gasteiger partial charge >= 0.3 is 16.0 Å². The van der Waals surface area contributed by atoms with Crippen molar-refractivity contribution in [2.75, 3.05) is 7.11 Å². The number of carbonyl (C=O) groups is 1. The Balaban J connectivity index is 1.81. The number of furan rings is 1. The fourth-order valence-corrected chi connectivity index (χ4v) is 4.23. The third-order valence-electron chi connectivity index (χ3n) is 3.88. The Hall–Kier alpha value is -2.86. The Kier molecular flexibility index (Phi) is 6.77. The van der Waals surface area contributed by atoms with E-state index in [9.17, 15) is 13.2 Å². The van der Waals surface area contributed by atoms with Crippen molar-refractivity contribution < 1.29 is 26.5 Å². The molecule has 1 amide bonds. The molecule has 0 saturated heterocycles. The zero-order chi connectivity index (χ0) is 21.7. The monoisotopic (exact) mass is 540 g/mol. The van der Waals surface area contributed by atoms with Crippen LogP contribution in [-0.4, -0.2) is 27.6 Å². The SMILES string of the molecule is COc1cc(/C=N\NC(=O)c2ccco2)cc(I)c1OS(=O)(=O)c1ccc(C)cc1. The number of hydrazone groups is 1. The number of benzene rings is 2. The number of halogens is 1. The van der Waals surface area contributed by atoms with Crippen molar-refractivity contribution >= 4 is 44.8 Å². The van der Waals surface area contributed by atoms with Crippen molar-refractivity contribution in [2.24, 2.45) is 5.10 Å². The average Bonchev–Trinajstić information content (AvgIpc) is 3.25. The van der Waals surface area contributed by atoms with Crippen LogP contribution in [0.4, 0.5) is 0 Å². The van der Waals surface area contributed by atoms with Crippen molar-refractivity contribution in [3.63, 3.8) is 0 Å². The fraction of sp³-hybridized carbons (Fsp3) is 0.100. The second-order valence-electron chi connectivity index (χ2n) is 6.06. The number of nitrogens with one attached hydrogen (secondary N) is 1. The van der Waals surface area contributed by atoms with Crippen LogP contribution in [0.5, 0.6) is 11.5 Å². The lowest BCUT2D eigenvalue weighted by atomic mass is 10.2. The van der Waals surface area contributed by atoms with Crippen LogP contribution in [0.3, 0.4) is 0 Å². The highest BCUT2D eigenvalue weighted by atomic mass is 127. The van der Waals surface area contributed by atoms with Gasteiger partial charge in [-0.3, -0.25) is 4.79 Å². The summed E-state index contributed by atoms with van der Waals surface area (Å²) in [6, 6.07) is 12.6. The second kappa shape index (κ2) is 9.30. The van der Waals surface area contributed by atoms with Crippen LogP contribution in [0.15, 0.2) is 69.2 Å². The van der Waals surface area contributed by atoms with Crippen molar-refractivity contribution in [1.82, 2.24) is 5.43 Å². The van der Waals surface area contributed by atoms with E-state index in [0.29, 0.717) is 9.13 Å². The summed E-state index contributed by atoms with van der Waals surface area (Å²) in [5.74, 6) is -0.0988. The minimum Gasteiger partial charge on any atom is -0.493 e. The zero-order valence-electron chi connectivity index (χ0n) is 16.0. The molecule has 8 nitrogen and oxygen atoms in total. The summed E-state index contributed by atoms with van der Waals surface area (Å²) >= 11 is 1.94. The largest absolute Gasteiger partial charge is 0.493 e. The molecule has 1 heterocycles. The molecule has 1 aromatic heterocycles. The zero-order valence-corrected chi connectivity index (χ0v) is 18.9. The van der Waals surface area contributed by atoms with Crippen LogP contribution in [0.2, 0.25) is 0 Å². The van der Waals surface area contributed by atoms with E-state index in [1.54, 1.807) is 30.3 Å². The molecule has 0 unspecified atom stereocenters. The predicted octanol–water partition coefficient (Wildman–Crippen LogP) is 3.73. The summed E-state index contributed by atoms with van der Waals surface area (Å²) in [5, 5.41) is 3.87. The minimum absolute atomic E-state index is 0.0391. The Bertz CT molecular complexity index is 1170. The second-order valence-corrected chi connectivity index (χ2v) is 8.77. The van der Waals surface area contributed by atoms with Gasteiger partial charge in [0.15, 0.2) is 17.3 Å². The first-order valence-electron chi connectivity index (χ1n) is 8.56. The smallest absolute Gasteiger partial charge is 0.339 e. The number of nitrogens with zero attached hydrogens (tertiary/aromatic N) is 1. The van der Waals surface area contributed by atoms with Crippen LogP contribution in [0.25, 0.3) is 0 Å². The van der Waals surface area contributed by atoms with Gasteiger partial charge in [-0.25, -0.2) is 5.43 Å². The van der Waals surface area contributed by atoms with Crippen LogP contribution in [0, 0.1) is 10.5 Å². The molecule has 0 saturated carbocycles. The van der Waals surface area contributed by atoms with Crippen LogP contribution in [-0.2, 0) is 10.1 Å². The molecular weight excluding hydrogens is 523 g/mol. The Morgan fingerprint density at radius 3 is 2.57 bits per heavy atom. The standard InChI is InChI=1S/C20H17IN2O6S/c1-13-5-7-15(8-6-13)30(25,26)29-19-16(21)10-14(11-18(19)27-2)12-22-23-20(24)17-4-3-9-28-17/h3-12H,1-2H3,(H,23,24)/b22-12-. The number of amides is 1. The van der Waals surface area contributed by atoms with Crippen molar-refractivity contribution in [3.8, 4) is 11.5 Å². The molecule has 0 fully saturated rings. The summed E-state index contributed by atoms with van der Waals surface area (Å²) < 4.78 is 41.3. The van der Waals surface area contributed by atoms with Crippen LogP contribution < -0.4 is 14.3 Å². The van der Waals surface area contributed by atoms with E-state index < -0.39 is 16.0 Å². The molecule has 0 bridgehead atoms. The molecule has 0 radical (unpaired) electrons. The van der Waals surface area contributed by atoms with E-state index in [1.807, 2.05) is 29.5 Å². The molecule has 10 heteroatoms. The maximum absolute atomic E-state index is 12.6. The normalized spacial score (nSPS) is 11.4. The van der Waals surface area contributed by atoms with Crippen molar-refractivity contribution in [2.45, 2.75) is 11.8 Å². The lowest BCUT2D eigenvalue weighted by Gasteiger charge is -2.13. The molecule has 0 aliphatic rings. The van der Waals surface area contributed by atoms with Gasteiger partial charge in [0, 0.05) is 0 Å². The van der Waals surface area contributed by atoms with Gasteiger partial charge in [0.1, 0.15) is 4.90 Å². The number of hydrogen-bond donors (Lipinski definition) is 1. The molecule has 3 aromatic rings. The van der Waals surface area contributed by atoms with Gasteiger partial charge in [0.05, 0.1) is 23.2 Å². The van der Waals surface area contributed by atoms with Crippen LogP contribution in [0.1, 0.15) is 21.7 Å². The molecule has 0 spiro atoms. The molecule has 30 heavy (non-hydrogen) atoms. The first-order valence-corrected chi connectivity index (χ1v) is 11.0. The highest BCUT2D eigenvalue weighted by Gasteiger charge is 2.21. The first kappa shape index (κ1) is 21.8. The number of rotatable bonds is 7. The maximum atomic E-state index is 12.6. The van der Waals surface area contributed by atoms with E-state index in [2.05, 4.69) is 10.5 Å². The summed E-state index contributed by atoms with van der Waals surface area (Å²) in [5.41, 5.74) is 3.84. The number of aryl methyl sites for hydroxylation is 1. The van der Waals surface area contributed by atoms with E-state index in [4.69, 9.17) is 13.3 Å². The summed E-state index contributed by atoms with van der Waals surface area (Å²) in [6.07, 6.45) is 2.78. The molecule has 156 valence electrons. The average molecular weight is 540 g/mol. The molecular formula is C20H17IN2O6S. The quantitative estimate of drug-likeness (QED) is 0.212.